The molecule has 1 rings (SSSR count). The third-order valence-corrected chi connectivity index (χ3v) is 3.25. The Kier molecular flexibility index (Phi) is 3.82. The maximum Gasteiger partial charge on any atom is 0.133 e. The minimum atomic E-state index is -0.534. The van der Waals surface area contributed by atoms with Crippen molar-refractivity contribution < 1.29 is 4.74 Å². The smallest absolute Gasteiger partial charge is 0.133 e. The SMILES string of the molecule is COc1ccc(N(C)C(C)(C)C#N)cc1Br. The highest BCUT2D eigenvalue weighted by Crippen LogP contribution is 2.31. The third kappa shape index (κ3) is 2.48. The van der Waals surface area contributed by atoms with E-state index >= 15 is 0 Å². The molecule has 0 heterocycles. The van der Waals surface area contributed by atoms with Crippen LogP contribution in [0.3, 0.4) is 0 Å². The summed E-state index contributed by atoms with van der Waals surface area (Å²) in [5.74, 6) is 0.784. The van der Waals surface area contributed by atoms with E-state index < -0.39 is 5.54 Å². The molecule has 0 unspecified atom stereocenters. The van der Waals surface area contributed by atoms with E-state index in [9.17, 15) is 0 Å². The molecule has 0 saturated carbocycles. The molecule has 0 amide bonds. The fourth-order valence-corrected chi connectivity index (χ4v) is 1.79. The van der Waals surface area contributed by atoms with Gasteiger partial charge in [0.05, 0.1) is 17.7 Å². The van der Waals surface area contributed by atoms with Crippen LogP contribution >= 0.6 is 15.9 Å². The number of anilines is 1. The molecule has 0 aromatic heterocycles. The zero-order valence-corrected chi connectivity index (χ0v) is 11.5. The predicted molar refractivity (Wildman–Crippen MR) is 68.8 cm³/mol. The molecule has 16 heavy (non-hydrogen) atoms. The van der Waals surface area contributed by atoms with Gasteiger partial charge in [-0.25, -0.2) is 0 Å². The van der Waals surface area contributed by atoms with Crippen LogP contribution in [0.4, 0.5) is 5.69 Å². The Morgan fingerprint density at radius 3 is 2.50 bits per heavy atom. The van der Waals surface area contributed by atoms with Gasteiger partial charge in [0.1, 0.15) is 11.3 Å². The van der Waals surface area contributed by atoms with Crippen LogP contribution in [-0.4, -0.2) is 19.7 Å². The summed E-state index contributed by atoms with van der Waals surface area (Å²) in [5.41, 5.74) is 0.438. The van der Waals surface area contributed by atoms with Crippen LogP contribution in [0.1, 0.15) is 13.8 Å². The summed E-state index contributed by atoms with van der Waals surface area (Å²) in [6.07, 6.45) is 0. The molecular weight excluding hydrogens is 268 g/mol. The third-order valence-electron chi connectivity index (χ3n) is 2.63. The first kappa shape index (κ1) is 12.9. The summed E-state index contributed by atoms with van der Waals surface area (Å²) < 4.78 is 6.04. The van der Waals surface area contributed by atoms with Crippen molar-refractivity contribution in [3.63, 3.8) is 0 Å². The number of nitrogens with zero attached hydrogens (tertiary/aromatic N) is 2. The van der Waals surface area contributed by atoms with Gasteiger partial charge in [-0.1, -0.05) is 0 Å². The second-order valence-corrected chi connectivity index (χ2v) is 4.90. The quantitative estimate of drug-likeness (QED) is 0.854. The van der Waals surface area contributed by atoms with Crippen molar-refractivity contribution in [1.29, 1.82) is 5.26 Å². The summed E-state index contributed by atoms with van der Waals surface area (Å²) in [6.45, 7) is 3.76. The summed E-state index contributed by atoms with van der Waals surface area (Å²) in [6, 6.07) is 8.02. The minimum absolute atomic E-state index is 0.534. The second kappa shape index (κ2) is 4.75. The van der Waals surface area contributed by atoms with Crippen molar-refractivity contribution in [2.45, 2.75) is 19.4 Å². The molecule has 4 heteroatoms. The van der Waals surface area contributed by atoms with Gasteiger partial charge in [-0.3, -0.25) is 0 Å². The number of methoxy groups -OCH3 is 1. The zero-order chi connectivity index (χ0) is 12.3. The van der Waals surface area contributed by atoms with Crippen molar-refractivity contribution in [2.24, 2.45) is 0 Å². The second-order valence-electron chi connectivity index (χ2n) is 4.05. The van der Waals surface area contributed by atoms with Gasteiger partial charge in [0, 0.05) is 12.7 Å². The van der Waals surface area contributed by atoms with Gasteiger partial charge < -0.3 is 9.64 Å². The van der Waals surface area contributed by atoms with E-state index in [1.54, 1.807) is 7.11 Å². The van der Waals surface area contributed by atoms with Crippen molar-refractivity contribution in [2.75, 3.05) is 19.1 Å². The Morgan fingerprint density at radius 2 is 2.06 bits per heavy atom. The number of ether oxygens (including phenoxy) is 1. The van der Waals surface area contributed by atoms with Crippen LogP contribution in [0, 0.1) is 11.3 Å². The van der Waals surface area contributed by atoms with Crippen molar-refractivity contribution in [1.82, 2.24) is 0 Å². The molecule has 0 spiro atoms. The van der Waals surface area contributed by atoms with Crippen LogP contribution in [0.15, 0.2) is 22.7 Å². The average molecular weight is 283 g/mol. The molecule has 86 valence electrons. The molecule has 0 N–H and O–H groups in total. The van der Waals surface area contributed by atoms with Crippen molar-refractivity contribution >= 4 is 21.6 Å². The Balaban J connectivity index is 3.08. The molecule has 0 aliphatic heterocycles. The Hall–Kier alpha value is -1.21. The van der Waals surface area contributed by atoms with Crippen LogP contribution < -0.4 is 9.64 Å². The molecule has 0 aliphatic carbocycles. The molecular formula is C12H15BrN2O. The first-order valence-electron chi connectivity index (χ1n) is 4.91. The Bertz CT molecular complexity index is 424. The highest BCUT2D eigenvalue weighted by molar-refractivity contribution is 9.10. The lowest BCUT2D eigenvalue weighted by Crippen LogP contribution is -2.39. The lowest BCUT2D eigenvalue weighted by Gasteiger charge is -2.31. The summed E-state index contributed by atoms with van der Waals surface area (Å²) in [4.78, 5) is 1.93. The van der Waals surface area contributed by atoms with E-state index in [1.165, 1.54) is 0 Å². The minimum Gasteiger partial charge on any atom is -0.496 e. The number of nitriles is 1. The van der Waals surface area contributed by atoms with Gasteiger partial charge in [0.15, 0.2) is 0 Å². The number of benzene rings is 1. The average Bonchev–Trinajstić information content (AvgIpc) is 2.27. The first-order valence-corrected chi connectivity index (χ1v) is 5.70. The van der Waals surface area contributed by atoms with Gasteiger partial charge in [-0.2, -0.15) is 5.26 Å². The molecule has 1 aromatic rings. The summed E-state index contributed by atoms with van der Waals surface area (Å²) in [5, 5.41) is 9.07. The lowest BCUT2D eigenvalue weighted by molar-refractivity contribution is 0.412. The van der Waals surface area contributed by atoms with Gasteiger partial charge in [0.2, 0.25) is 0 Å². The van der Waals surface area contributed by atoms with E-state index in [2.05, 4.69) is 22.0 Å². The number of hydrogen-bond donors (Lipinski definition) is 0. The maximum atomic E-state index is 9.07. The molecule has 0 radical (unpaired) electrons. The lowest BCUT2D eigenvalue weighted by atomic mass is 10.1. The fraction of sp³-hybridized carbons (Fsp3) is 0.417. The highest BCUT2D eigenvalue weighted by atomic mass is 79.9. The summed E-state index contributed by atoms with van der Waals surface area (Å²) in [7, 11) is 3.53. The number of halogens is 1. The van der Waals surface area contributed by atoms with Gasteiger partial charge in [-0.15, -0.1) is 0 Å². The fourth-order valence-electron chi connectivity index (χ4n) is 1.26. The van der Waals surface area contributed by atoms with Crippen LogP contribution in [0.5, 0.6) is 5.75 Å². The van der Waals surface area contributed by atoms with E-state index in [1.807, 2.05) is 44.0 Å². The Morgan fingerprint density at radius 1 is 1.44 bits per heavy atom. The monoisotopic (exact) mass is 282 g/mol. The van der Waals surface area contributed by atoms with E-state index in [0.717, 1.165) is 15.9 Å². The van der Waals surface area contributed by atoms with Gasteiger partial charge in [-0.05, 0) is 48.0 Å². The normalized spacial score (nSPS) is 10.8. The number of hydrogen-bond acceptors (Lipinski definition) is 3. The molecule has 0 saturated heterocycles. The van der Waals surface area contributed by atoms with Crippen LogP contribution in [0.2, 0.25) is 0 Å². The molecule has 0 bridgehead atoms. The molecule has 0 fully saturated rings. The van der Waals surface area contributed by atoms with Crippen LogP contribution in [-0.2, 0) is 0 Å². The van der Waals surface area contributed by atoms with Crippen LogP contribution in [0.25, 0.3) is 0 Å². The van der Waals surface area contributed by atoms with E-state index in [0.29, 0.717) is 0 Å². The summed E-state index contributed by atoms with van der Waals surface area (Å²) >= 11 is 3.43. The van der Waals surface area contributed by atoms with Gasteiger partial charge >= 0.3 is 0 Å². The highest BCUT2D eigenvalue weighted by Gasteiger charge is 2.23. The molecule has 1 aromatic carbocycles. The first-order chi connectivity index (χ1) is 7.42. The maximum absolute atomic E-state index is 9.07. The molecule has 0 aliphatic rings. The van der Waals surface area contributed by atoms with Crippen molar-refractivity contribution in [3.05, 3.63) is 22.7 Å². The van der Waals surface area contributed by atoms with E-state index in [-0.39, 0.29) is 0 Å². The standard InChI is InChI=1S/C12H15BrN2O/c1-12(2,8-14)15(3)9-5-6-11(16-4)10(13)7-9/h5-7H,1-4H3. The Labute approximate surface area is 105 Å². The largest absolute Gasteiger partial charge is 0.496 e. The zero-order valence-electron chi connectivity index (χ0n) is 9.91. The number of rotatable bonds is 3. The molecule has 0 atom stereocenters. The van der Waals surface area contributed by atoms with Gasteiger partial charge in [0.25, 0.3) is 0 Å². The van der Waals surface area contributed by atoms with E-state index in [4.69, 9.17) is 10.00 Å². The van der Waals surface area contributed by atoms with Crippen molar-refractivity contribution in [3.8, 4) is 11.8 Å². The molecule has 3 nitrogen and oxygen atoms in total. The topological polar surface area (TPSA) is 36.3 Å². The predicted octanol–water partition coefficient (Wildman–Crippen LogP) is 3.20.